The number of non-ortho nitro benzene ring substituents is 1. The summed E-state index contributed by atoms with van der Waals surface area (Å²) in [7, 11) is 0. The SMILES string of the molecule is O=[N+]([O-])c1ccc(/C=C\CCCCO)cc1. The zero-order chi connectivity index (χ0) is 11.8. The number of nitro groups is 1. The van der Waals surface area contributed by atoms with Crippen molar-refractivity contribution in [3.05, 3.63) is 46.0 Å². The molecule has 0 amide bonds. The summed E-state index contributed by atoms with van der Waals surface area (Å²) in [5.74, 6) is 0. The minimum Gasteiger partial charge on any atom is -0.396 e. The average molecular weight is 221 g/mol. The number of allylic oxidation sites excluding steroid dienone is 1. The van der Waals surface area contributed by atoms with E-state index in [2.05, 4.69) is 0 Å². The topological polar surface area (TPSA) is 63.4 Å². The molecule has 0 aliphatic carbocycles. The van der Waals surface area contributed by atoms with Crippen LogP contribution in [0.2, 0.25) is 0 Å². The van der Waals surface area contributed by atoms with Crippen LogP contribution in [-0.2, 0) is 0 Å². The van der Waals surface area contributed by atoms with Crippen LogP contribution in [0.25, 0.3) is 6.08 Å². The maximum absolute atomic E-state index is 10.4. The number of unbranched alkanes of at least 4 members (excludes halogenated alkanes) is 2. The van der Waals surface area contributed by atoms with E-state index in [-0.39, 0.29) is 12.3 Å². The molecular formula is C12H15NO3. The zero-order valence-corrected chi connectivity index (χ0v) is 9.00. The van der Waals surface area contributed by atoms with Crippen molar-refractivity contribution in [2.45, 2.75) is 19.3 Å². The second-order valence-corrected chi connectivity index (χ2v) is 3.47. The molecule has 0 bridgehead atoms. The highest BCUT2D eigenvalue weighted by atomic mass is 16.6. The molecule has 0 aliphatic rings. The van der Waals surface area contributed by atoms with E-state index in [1.807, 2.05) is 12.2 Å². The summed E-state index contributed by atoms with van der Waals surface area (Å²) in [6, 6.07) is 6.43. The molecule has 1 N–H and O–H groups in total. The van der Waals surface area contributed by atoms with E-state index in [9.17, 15) is 10.1 Å². The minimum atomic E-state index is -0.408. The summed E-state index contributed by atoms with van der Waals surface area (Å²) < 4.78 is 0. The van der Waals surface area contributed by atoms with Crippen LogP contribution in [0.5, 0.6) is 0 Å². The first-order valence-corrected chi connectivity index (χ1v) is 5.26. The van der Waals surface area contributed by atoms with Crippen LogP contribution in [0.15, 0.2) is 30.3 Å². The third-order valence-electron chi connectivity index (χ3n) is 2.19. The lowest BCUT2D eigenvalue weighted by atomic mass is 10.1. The van der Waals surface area contributed by atoms with E-state index in [1.165, 1.54) is 12.1 Å². The molecule has 0 heterocycles. The van der Waals surface area contributed by atoms with E-state index in [4.69, 9.17) is 5.11 Å². The van der Waals surface area contributed by atoms with E-state index in [0.717, 1.165) is 24.8 Å². The number of rotatable bonds is 6. The molecule has 0 spiro atoms. The van der Waals surface area contributed by atoms with Gasteiger partial charge in [0.15, 0.2) is 0 Å². The molecule has 16 heavy (non-hydrogen) atoms. The first kappa shape index (κ1) is 12.4. The minimum absolute atomic E-state index is 0.109. The Kier molecular flexibility index (Phi) is 5.22. The molecule has 0 saturated carbocycles. The highest BCUT2D eigenvalue weighted by Gasteiger charge is 2.01. The van der Waals surface area contributed by atoms with Crippen LogP contribution in [0.4, 0.5) is 5.69 Å². The first-order valence-electron chi connectivity index (χ1n) is 5.26. The smallest absolute Gasteiger partial charge is 0.269 e. The van der Waals surface area contributed by atoms with Gasteiger partial charge in [-0.15, -0.1) is 0 Å². The second kappa shape index (κ2) is 6.74. The molecule has 0 radical (unpaired) electrons. The molecule has 1 aromatic carbocycles. The fraction of sp³-hybridized carbons (Fsp3) is 0.333. The van der Waals surface area contributed by atoms with Gasteiger partial charge in [-0.05, 0) is 37.0 Å². The van der Waals surface area contributed by atoms with Crippen LogP contribution in [0.3, 0.4) is 0 Å². The lowest BCUT2D eigenvalue weighted by Crippen LogP contribution is -1.86. The summed E-state index contributed by atoms with van der Waals surface area (Å²) in [5, 5.41) is 19.0. The maximum atomic E-state index is 10.4. The Morgan fingerprint density at radius 1 is 1.25 bits per heavy atom. The monoisotopic (exact) mass is 221 g/mol. The van der Waals surface area contributed by atoms with Crippen molar-refractivity contribution in [1.29, 1.82) is 0 Å². The predicted molar refractivity (Wildman–Crippen MR) is 63.1 cm³/mol. The Balaban J connectivity index is 2.45. The summed E-state index contributed by atoms with van der Waals surface area (Å²) >= 11 is 0. The molecule has 1 rings (SSSR count). The quantitative estimate of drug-likeness (QED) is 0.456. The third-order valence-corrected chi connectivity index (χ3v) is 2.19. The molecule has 0 aliphatic heterocycles. The van der Waals surface area contributed by atoms with Gasteiger partial charge in [0.1, 0.15) is 0 Å². The largest absolute Gasteiger partial charge is 0.396 e. The Morgan fingerprint density at radius 2 is 1.94 bits per heavy atom. The molecule has 0 aromatic heterocycles. The molecule has 0 saturated heterocycles. The number of nitro benzene ring substituents is 1. The fourth-order valence-electron chi connectivity index (χ4n) is 1.30. The van der Waals surface area contributed by atoms with E-state index in [0.29, 0.717) is 0 Å². The number of hydrogen-bond acceptors (Lipinski definition) is 3. The summed E-state index contributed by atoms with van der Waals surface area (Å²) in [6.07, 6.45) is 6.63. The van der Waals surface area contributed by atoms with Crippen LogP contribution >= 0.6 is 0 Å². The van der Waals surface area contributed by atoms with E-state index >= 15 is 0 Å². The molecule has 0 fully saturated rings. The van der Waals surface area contributed by atoms with Crippen molar-refractivity contribution >= 4 is 11.8 Å². The molecule has 0 unspecified atom stereocenters. The number of aliphatic hydroxyl groups excluding tert-OH is 1. The fourth-order valence-corrected chi connectivity index (χ4v) is 1.30. The van der Waals surface area contributed by atoms with Gasteiger partial charge in [0.2, 0.25) is 0 Å². The van der Waals surface area contributed by atoms with Crippen LogP contribution in [0, 0.1) is 10.1 Å². The maximum Gasteiger partial charge on any atom is 0.269 e. The Hall–Kier alpha value is -1.68. The van der Waals surface area contributed by atoms with Gasteiger partial charge >= 0.3 is 0 Å². The Bertz CT molecular complexity index is 357. The molecule has 0 atom stereocenters. The van der Waals surface area contributed by atoms with Gasteiger partial charge in [-0.25, -0.2) is 0 Å². The van der Waals surface area contributed by atoms with Crippen molar-refractivity contribution in [3.8, 4) is 0 Å². The lowest BCUT2D eigenvalue weighted by Gasteiger charge is -1.94. The third kappa shape index (κ3) is 4.23. The van der Waals surface area contributed by atoms with Gasteiger partial charge in [0.25, 0.3) is 5.69 Å². The summed E-state index contributed by atoms with van der Waals surface area (Å²) in [5.41, 5.74) is 1.06. The van der Waals surface area contributed by atoms with Gasteiger partial charge < -0.3 is 5.11 Å². The first-order chi connectivity index (χ1) is 7.74. The predicted octanol–water partition coefficient (Wildman–Crippen LogP) is 2.77. The summed E-state index contributed by atoms with van der Waals surface area (Å²) in [6.45, 7) is 0.228. The standard InChI is InChI=1S/C12H15NO3/c14-10-4-2-1-3-5-11-6-8-12(9-7-11)13(15)16/h3,5-9,14H,1-2,4,10H2/b5-3-. The lowest BCUT2D eigenvalue weighted by molar-refractivity contribution is -0.384. The van der Waals surface area contributed by atoms with Crippen LogP contribution < -0.4 is 0 Å². The zero-order valence-electron chi connectivity index (χ0n) is 9.00. The Labute approximate surface area is 94.4 Å². The number of aliphatic hydroxyl groups is 1. The molecule has 86 valence electrons. The highest BCUT2D eigenvalue weighted by molar-refractivity contribution is 5.51. The van der Waals surface area contributed by atoms with Crippen molar-refractivity contribution in [3.63, 3.8) is 0 Å². The van der Waals surface area contributed by atoms with Crippen molar-refractivity contribution in [2.75, 3.05) is 6.61 Å². The number of nitrogens with zero attached hydrogens (tertiary/aromatic N) is 1. The van der Waals surface area contributed by atoms with Gasteiger partial charge in [0, 0.05) is 18.7 Å². The van der Waals surface area contributed by atoms with Crippen molar-refractivity contribution in [1.82, 2.24) is 0 Å². The van der Waals surface area contributed by atoms with Crippen molar-refractivity contribution < 1.29 is 10.0 Å². The van der Waals surface area contributed by atoms with Gasteiger partial charge in [-0.1, -0.05) is 12.2 Å². The number of benzene rings is 1. The molecule has 4 nitrogen and oxygen atoms in total. The second-order valence-electron chi connectivity index (χ2n) is 3.47. The van der Waals surface area contributed by atoms with Gasteiger partial charge in [0.05, 0.1) is 4.92 Å². The highest BCUT2D eigenvalue weighted by Crippen LogP contribution is 2.13. The normalized spacial score (nSPS) is 10.8. The Morgan fingerprint density at radius 3 is 2.50 bits per heavy atom. The van der Waals surface area contributed by atoms with Crippen LogP contribution in [-0.4, -0.2) is 16.6 Å². The van der Waals surface area contributed by atoms with Crippen molar-refractivity contribution in [2.24, 2.45) is 0 Å². The number of hydrogen-bond donors (Lipinski definition) is 1. The van der Waals surface area contributed by atoms with Gasteiger partial charge in [-0.3, -0.25) is 10.1 Å². The van der Waals surface area contributed by atoms with Crippen LogP contribution in [0.1, 0.15) is 24.8 Å². The van der Waals surface area contributed by atoms with E-state index in [1.54, 1.807) is 12.1 Å². The molecule has 1 aromatic rings. The molecular weight excluding hydrogens is 206 g/mol. The van der Waals surface area contributed by atoms with Gasteiger partial charge in [-0.2, -0.15) is 0 Å². The average Bonchev–Trinajstić information content (AvgIpc) is 2.29. The summed E-state index contributed by atoms with van der Waals surface area (Å²) in [4.78, 5) is 10.0. The molecule has 4 heteroatoms. The van der Waals surface area contributed by atoms with E-state index < -0.39 is 4.92 Å².